The number of methoxy groups -OCH3 is 1. The van der Waals surface area contributed by atoms with Gasteiger partial charge in [-0.2, -0.15) is 0 Å². The summed E-state index contributed by atoms with van der Waals surface area (Å²) in [4.78, 5) is 16.2. The molecule has 0 bridgehead atoms. The summed E-state index contributed by atoms with van der Waals surface area (Å²) in [5, 5.41) is 6.25. The lowest BCUT2D eigenvalue weighted by molar-refractivity contribution is -0.116. The van der Waals surface area contributed by atoms with Crippen LogP contribution in [0.2, 0.25) is 5.02 Å². The fourth-order valence-electron chi connectivity index (χ4n) is 2.19. The van der Waals surface area contributed by atoms with E-state index in [9.17, 15) is 4.79 Å². The Bertz CT molecular complexity index is 833. The van der Waals surface area contributed by atoms with Crippen LogP contribution in [0.25, 0.3) is 0 Å². The highest BCUT2D eigenvalue weighted by Crippen LogP contribution is 2.27. The Labute approximate surface area is 189 Å². The Balaban J connectivity index is 0.00000364. The number of amides is 1. The van der Waals surface area contributed by atoms with E-state index in [1.165, 1.54) is 0 Å². The van der Waals surface area contributed by atoms with Gasteiger partial charge in [-0.15, -0.1) is 24.0 Å². The van der Waals surface area contributed by atoms with Crippen LogP contribution >= 0.6 is 51.5 Å². The maximum Gasteiger partial charge on any atom is 0.226 e. The lowest BCUT2D eigenvalue weighted by atomic mass is 10.2. The third kappa shape index (κ3) is 7.55. The summed E-state index contributed by atoms with van der Waals surface area (Å²) in [6.45, 7) is 2.20. The lowest BCUT2D eigenvalue weighted by Gasteiger charge is -2.09. The fraction of sp³-hybridized carbons (Fsp3) is 0.222. The molecule has 2 rings (SSSR count). The number of nitrogens with two attached hydrogens (primary N) is 1. The van der Waals surface area contributed by atoms with Gasteiger partial charge in [-0.1, -0.05) is 27.5 Å². The first-order valence-electron chi connectivity index (χ1n) is 7.85. The smallest absolute Gasteiger partial charge is 0.226 e. The van der Waals surface area contributed by atoms with Crippen LogP contribution in [-0.4, -0.2) is 25.5 Å². The zero-order valence-corrected chi connectivity index (χ0v) is 19.6. The van der Waals surface area contributed by atoms with Gasteiger partial charge in [-0.3, -0.25) is 9.79 Å². The number of nitrogens with zero attached hydrogens (tertiary/aromatic N) is 1. The number of aliphatic imine (C=N–C) groups is 1. The van der Waals surface area contributed by atoms with E-state index in [0.29, 0.717) is 16.5 Å². The number of hydrogen-bond acceptors (Lipinski definition) is 3. The number of guanidine groups is 1. The number of anilines is 2. The molecular formula is C18H21BrClIN4O2. The summed E-state index contributed by atoms with van der Waals surface area (Å²) in [6, 6.07) is 10.9. The minimum absolute atomic E-state index is 0. The van der Waals surface area contributed by atoms with Crippen molar-refractivity contribution in [2.45, 2.75) is 13.3 Å². The zero-order chi connectivity index (χ0) is 19.1. The number of carbonyl (C=O) groups excluding carboxylic acids is 1. The summed E-state index contributed by atoms with van der Waals surface area (Å²) in [7, 11) is 1.55. The molecule has 1 amide bonds. The first kappa shape index (κ1) is 23.5. The number of hydrogen-bond donors (Lipinski definition) is 3. The number of rotatable bonds is 6. The van der Waals surface area contributed by atoms with Crippen molar-refractivity contribution >= 4 is 74.7 Å². The first-order valence-corrected chi connectivity index (χ1v) is 9.02. The van der Waals surface area contributed by atoms with Crippen molar-refractivity contribution in [1.29, 1.82) is 0 Å². The van der Waals surface area contributed by atoms with E-state index in [0.717, 1.165) is 15.7 Å². The molecule has 9 heteroatoms. The van der Waals surface area contributed by atoms with Crippen molar-refractivity contribution in [3.63, 3.8) is 0 Å². The molecule has 2 aromatic carbocycles. The molecule has 0 aromatic heterocycles. The topological polar surface area (TPSA) is 88.7 Å². The summed E-state index contributed by atoms with van der Waals surface area (Å²) in [5.41, 5.74) is 8.28. The highest BCUT2D eigenvalue weighted by Gasteiger charge is 2.06. The van der Waals surface area contributed by atoms with E-state index in [2.05, 4.69) is 31.6 Å². The number of aryl methyl sites for hydroxylation is 1. The lowest BCUT2D eigenvalue weighted by Crippen LogP contribution is -2.23. The third-order valence-electron chi connectivity index (χ3n) is 3.51. The SMILES string of the molecule is COc1ccc(NC(N)=NCCC(=O)Nc2ccc(Br)cc2C)cc1Cl.I. The third-order valence-corrected chi connectivity index (χ3v) is 4.30. The van der Waals surface area contributed by atoms with Gasteiger partial charge in [-0.25, -0.2) is 0 Å². The molecule has 0 spiro atoms. The number of carbonyl (C=O) groups is 1. The van der Waals surface area contributed by atoms with Crippen LogP contribution in [0.4, 0.5) is 11.4 Å². The molecule has 0 aliphatic heterocycles. The molecule has 0 aliphatic rings. The van der Waals surface area contributed by atoms with Crippen LogP contribution in [0.3, 0.4) is 0 Å². The monoisotopic (exact) mass is 566 g/mol. The van der Waals surface area contributed by atoms with Crippen molar-refractivity contribution in [2.75, 3.05) is 24.3 Å². The predicted octanol–water partition coefficient (Wildman–Crippen LogP) is 4.79. The fourth-order valence-corrected chi connectivity index (χ4v) is 2.92. The van der Waals surface area contributed by atoms with Crippen molar-refractivity contribution in [3.05, 3.63) is 51.5 Å². The number of benzene rings is 2. The first-order chi connectivity index (χ1) is 12.4. The summed E-state index contributed by atoms with van der Waals surface area (Å²) in [6.07, 6.45) is 0.223. The van der Waals surface area contributed by atoms with Crippen molar-refractivity contribution in [2.24, 2.45) is 10.7 Å². The standard InChI is InChI=1S/C18H20BrClN4O2.HI/c1-11-9-12(19)3-5-15(11)24-17(25)7-8-22-18(21)23-13-4-6-16(26-2)14(20)10-13;/h3-6,9-10H,7-8H2,1-2H3,(H,24,25)(H3,21,22,23);1H. The van der Waals surface area contributed by atoms with Crippen LogP contribution in [0.1, 0.15) is 12.0 Å². The van der Waals surface area contributed by atoms with Crippen LogP contribution in [0.15, 0.2) is 45.9 Å². The van der Waals surface area contributed by atoms with Crippen LogP contribution in [0.5, 0.6) is 5.75 Å². The molecule has 27 heavy (non-hydrogen) atoms. The molecule has 0 saturated carbocycles. The minimum Gasteiger partial charge on any atom is -0.495 e. The number of nitrogens with one attached hydrogen (secondary N) is 2. The highest BCUT2D eigenvalue weighted by molar-refractivity contribution is 14.0. The van der Waals surface area contributed by atoms with E-state index in [-0.39, 0.29) is 48.8 Å². The van der Waals surface area contributed by atoms with Crippen molar-refractivity contribution in [3.8, 4) is 5.75 Å². The van der Waals surface area contributed by atoms with Gasteiger partial charge in [0, 0.05) is 22.3 Å². The van der Waals surface area contributed by atoms with Crippen LogP contribution < -0.4 is 21.1 Å². The van der Waals surface area contributed by atoms with Gasteiger partial charge in [0.05, 0.1) is 18.7 Å². The molecule has 0 unspecified atom stereocenters. The number of halogens is 3. The van der Waals surface area contributed by atoms with E-state index < -0.39 is 0 Å². The van der Waals surface area contributed by atoms with Gasteiger partial charge >= 0.3 is 0 Å². The van der Waals surface area contributed by atoms with Gasteiger partial charge in [0.15, 0.2) is 5.96 Å². The molecule has 0 atom stereocenters. The van der Waals surface area contributed by atoms with Gasteiger partial charge in [0.25, 0.3) is 0 Å². The minimum atomic E-state index is -0.125. The Hall–Kier alpha value is -1.52. The normalized spacial score (nSPS) is 10.7. The average Bonchev–Trinajstić information content (AvgIpc) is 2.57. The maximum atomic E-state index is 12.0. The predicted molar refractivity (Wildman–Crippen MR) is 126 cm³/mol. The molecule has 0 fully saturated rings. The summed E-state index contributed by atoms with van der Waals surface area (Å²) < 4.78 is 6.06. The zero-order valence-electron chi connectivity index (χ0n) is 14.9. The second-order valence-electron chi connectivity index (χ2n) is 5.50. The van der Waals surface area contributed by atoms with E-state index in [1.807, 2.05) is 25.1 Å². The quantitative estimate of drug-likeness (QED) is 0.266. The van der Waals surface area contributed by atoms with Gasteiger partial charge < -0.3 is 21.1 Å². The molecule has 0 saturated heterocycles. The van der Waals surface area contributed by atoms with Gasteiger partial charge in [0.1, 0.15) is 5.75 Å². The summed E-state index contributed by atoms with van der Waals surface area (Å²) in [5.74, 6) is 0.658. The van der Waals surface area contributed by atoms with Crippen LogP contribution in [0, 0.1) is 6.92 Å². The molecular weight excluding hydrogens is 546 g/mol. The van der Waals surface area contributed by atoms with E-state index in [4.69, 9.17) is 22.1 Å². The molecule has 0 radical (unpaired) electrons. The second kappa shape index (κ2) is 11.4. The Morgan fingerprint density at radius 2 is 2.00 bits per heavy atom. The van der Waals surface area contributed by atoms with Gasteiger partial charge in [0.2, 0.25) is 5.91 Å². The largest absolute Gasteiger partial charge is 0.495 e. The van der Waals surface area contributed by atoms with E-state index >= 15 is 0 Å². The Morgan fingerprint density at radius 1 is 1.26 bits per heavy atom. The average molecular weight is 568 g/mol. The Kier molecular flexibility index (Phi) is 9.89. The molecule has 0 heterocycles. The molecule has 6 nitrogen and oxygen atoms in total. The van der Waals surface area contributed by atoms with Gasteiger partial charge in [-0.05, 0) is 48.9 Å². The molecule has 146 valence electrons. The second-order valence-corrected chi connectivity index (χ2v) is 6.82. The van der Waals surface area contributed by atoms with Crippen molar-refractivity contribution in [1.82, 2.24) is 0 Å². The summed E-state index contributed by atoms with van der Waals surface area (Å²) >= 11 is 9.45. The highest BCUT2D eigenvalue weighted by atomic mass is 127. The van der Waals surface area contributed by atoms with Crippen LogP contribution in [-0.2, 0) is 4.79 Å². The van der Waals surface area contributed by atoms with E-state index in [1.54, 1.807) is 25.3 Å². The van der Waals surface area contributed by atoms with Crippen molar-refractivity contribution < 1.29 is 9.53 Å². The maximum absolute atomic E-state index is 12.0. The number of ether oxygens (including phenoxy) is 1. The Morgan fingerprint density at radius 3 is 2.63 bits per heavy atom. The molecule has 4 N–H and O–H groups in total. The molecule has 2 aromatic rings. The molecule has 0 aliphatic carbocycles.